The summed E-state index contributed by atoms with van der Waals surface area (Å²) < 4.78 is 5.16. The molecule has 0 radical (unpaired) electrons. The second kappa shape index (κ2) is 6.14. The van der Waals surface area contributed by atoms with Gasteiger partial charge in [-0.15, -0.1) is 0 Å². The third-order valence-corrected chi connectivity index (χ3v) is 3.20. The Morgan fingerprint density at radius 3 is 2.47 bits per heavy atom. The van der Waals surface area contributed by atoms with Crippen LogP contribution >= 0.6 is 0 Å². The van der Waals surface area contributed by atoms with Gasteiger partial charge >= 0.3 is 0 Å². The minimum atomic E-state index is 0.824. The van der Waals surface area contributed by atoms with Crippen molar-refractivity contribution in [3.63, 3.8) is 0 Å². The predicted octanol–water partition coefficient (Wildman–Crippen LogP) is 2.96. The van der Waals surface area contributed by atoms with E-state index in [0.717, 1.165) is 24.4 Å². The molecule has 2 rings (SSSR count). The molecule has 0 fully saturated rings. The number of hydrogen-bond acceptors (Lipinski definition) is 3. The van der Waals surface area contributed by atoms with Crippen LogP contribution in [0.5, 0.6) is 5.75 Å². The summed E-state index contributed by atoms with van der Waals surface area (Å²) in [4.78, 5) is 2.22. The molecule has 19 heavy (non-hydrogen) atoms. The van der Waals surface area contributed by atoms with E-state index in [2.05, 4.69) is 30.1 Å². The van der Waals surface area contributed by atoms with Crippen molar-refractivity contribution in [3.05, 3.63) is 54.1 Å². The average Bonchev–Trinajstić information content (AvgIpc) is 2.45. The van der Waals surface area contributed by atoms with Crippen LogP contribution in [0.15, 0.2) is 48.5 Å². The van der Waals surface area contributed by atoms with Gasteiger partial charge in [0.2, 0.25) is 0 Å². The number of nitrogens with two attached hydrogens (primary N) is 1. The minimum Gasteiger partial charge on any atom is -0.497 e. The molecule has 0 spiro atoms. The van der Waals surface area contributed by atoms with E-state index in [4.69, 9.17) is 10.5 Å². The molecule has 0 aliphatic carbocycles. The van der Waals surface area contributed by atoms with Crippen molar-refractivity contribution in [2.24, 2.45) is 0 Å². The van der Waals surface area contributed by atoms with Gasteiger partial charge in [0.15, 0.2) is 0 Å². The third-order valence-electron chi connectivity index (χ3n) is 3.20. The molecule has 0 atom stereocenters. The van der Waals surface area contributed by atoms with Gasteiger partial charge in [0.1, 0.15) is 5.75 Å². The van der Waals surface area contributed by atoms with E-state index >= 15 is 0 Å². The molecule has 0 aliphatic heterocycles. The summed E-state index contributed by atoms with van der Waals surface area (Å²) in [7, 11) is 3.77. The number of nitrogen functional groups attached to an aromatic ring is 1. The Balaban J connectivity index is 1.95. The zero-order valence-electron chi connectivity index (χ0n) is 11.5. The van der Waals surface area contributed by atoms with Crippen LogP contribution in [0.4, 0.5) is 11.4 Å². The molecule has 0 aromatic heterocycles. The van der Waals surface area contributed by atoms with E-state index in [9.17, 15) is 0 Å². The maximum Gasteiger partial charge on any atom is 0.119 e. The Kier molecular flexibility index (Phi) is 4.29. The lowest BCUT2D eigenvalue weighted by atomic mass is 10.1. The van der Waals surface area contributed by atoms with Crippen molar-refractivity contribution in [2.45, 2.75) is 6.42 Å². The summed E-state index contributed by atoms with van der Waals surface area (Å²) in [6, 6.07) is 16.1. The molecule has 0 amide bonds. The van der Waals surface area contributed by atoms with Crippen molar-refractivity contribution < 1.29 is 4.74 Å². The SMILES string of the molecule is COc1ccc(N(C)CCc2cccc(N)c2)cc1. The molecule has 3 heteroatoms. The Morgan fingerprint density at radius 1 is 1.11 bits per heavy atom. The van der Waals surface area contributed by atoms with Crippen molar-refractivity contribution in [3.8, 4) is 5.75 Å². The van der Waals surface area contributed by atoms with Crippen LogP contribution in [0.3, 0.4) is 0 Å². The van der Waals surface area contributed by atoms with Crippen LogP contribution in [-0.4, -0.2) is 20.7 Å². The standard InChI is InChI=1S/C16H20N2O/c1-18(15-6-8-16(19-2)9-7-15)11-10-13-4-3-5-14(17)12-13/h3-9,12H,10-11,17H2,1-2H3. The lowest BCUT2D eigenvalue weighted by Gasteiger charge is -2.19. The number of ether oxygens (including phenoxy) is 1. The number of likely N-dealkylation sites (N-methyl/N-ethyl adjacent to an activating group) is 1. The number of hydrogen-bond donors (Lipinski definition) is 1. The van der Waals surface area contributed by atoms with Crippen LogP contribution in [0.2, 0.25) is 0 Å². The molecule has 0 bridgehead atoms. The Hall–Kier alpha value is -2.16. The highest BCUT2D eigenvalue weighted by Crippen LogP contribution is 2.18. The number of anilines is 2. The molecular weight excluding hydrogens is 236 g/mol. The quantitative estimate of drug-likeness (QED) is 0.836. The van der Waals surface area contributed by atoms with Crippen LogP contribution in [0.25, 0.3) is 0 Å². The summed E-state index contributed by atoms with van der Waals surface area (Å²) in [5.74, 6) is 0.882. The number of rotatable bonds is 5. The zero-order valence-corrected chi connectivity index (χ0v) is 11.5. The highest BCUT2D eigenvalue weighted by molar-refractivity contribution is 5.48. The van der Waals surface area contributed by atoms with Gasteiger partial charge in [-0.05, 0) is 48.4 Å². The first kappa shape index (κ1) is 13.3. The first-order valence-electron chi connectivity index (χ1n) is 6.38. The second-order valence-corrected chi connectivity index (χ2v) is 4.61. The number of nitrogens with zero attached hydrogens (tertiary/aromatic N) is 1. The lowest BCUT2D eigenvalue weighted by Crippen LogP contribution is -2.20. The smallest absolute Gasteiger partial charge is 0.119 e. The third kappa shape index (κ3) is 3.65. The first-order chi connectivity index (χ1) is 9.19. The Labute approximate surface area is 114 Å². The van der Waals surface area contributed by atoms with E-state index < -0.39 is 0 Å². The summed E-state index contributed by atoms with van der Waals surface area (Å²) in [5, 5.41) is 0. The first-order valence-corrected chi connectivity index (χ1v) is 6.38. The summed E-state index contributed by atoms with van der Waals surface area (Å²) in [6.45, 7) is 0.954. The van der Waals surface area contributed by atoms with Crippen LogP contribution in [0, 0.1) is 0 Å². The van der Waals surface area contributed by atoms with Crippen LogP contribution in [0.1, 0.15) is 5.56 Å². The van der Waals surface area contributed by atoms with Crippen LogP contribution in [-0.2, 0) is 6.42 Å². The van der Waals surface area contributed by atoms with Gasteiger partial charge < -0.3 is 15.4 Å². The molecule has 100 valence electrons. The summed E-state index contributed by atoms with van der Waals surface area (Å²) >= 11 is 0. The zero-order chi connectivity index (χ0) is 13.7. The van der Waals surface area contributed by atoms with E-state index in [1.165, 1.54) is 11.3 Å². The fourth-order valence-electron chi connectivity index (χ4n) is 2.01. The molecule has 3 nitrogen and oxygen atoms in total. The van der Waals surface area contributed by atoms with E-state index in [1.54, 1.807) is 7.11 Å². The van der Waals surface area contributed by atoms with E-state index in [-0.39, 0.29) is 0 Å². The molecule has 2 aromatic carbocycles. The number of methoxy groups -OCH3 is 1. The average molecular weight is 256 g/mol. The summed E-state index contributed by atoms with van der Waals surface area (Å²) in [5.41, 5.74) is 9.05. The normalized spacial score (nSPS) is 10.2. The number of benzene rings is 2. The predicted molar refractivity (Wildman–Crippen MR) is 80.8 cm³/mol. The van der Waals surface area contributed by atoms with Gasteiger partial charge in [0, 0.05) is 25.0 Å². The molecule has 0 unspecified atom stereocenters. The van der Waals surface area contributed by atoms with E-state index in [0.29, 0.717) is 0 Å². The van der Waals surface area contributed by atoms with Crippen molar-refractivity contribution in [1.29, 1.82) is 0 Å². The maximum absolute atomic E-state index is 5.78. The monoisotopic (exact) mass is 256 g/mol. The molecular formula is C16H20N2O. The van der Waals surface area contributed by atoms with Gasteiger partial charge in [-0.2, -0.15) is 0 Å². The van der Waals surface area contributed by atoms with Crippen molar-refractivity contribution in [2.75, 3.05) is 31.3 Å². The Morgan fingerprint density at radius 2 is 1.84 bits per heavy atom. The fourth-order valence-corrected chi connectivity index (χ4v) is 2.01. The highest BCUT2D eigenvalue weighted by atomic mass is 16.5. The van der Waals surface area contributed by atoms with E-state index in [1.807, 2.05) is 30.3 Å². The fraction of sp³-hybridized carbons (Fsp3) is 0.250. The van der Waals surface area contributed by atoms with Gasteiger partial charge in [-0.25, -0.2) is 0 Å². The lowest BCUT2D eigenvalue weighted by molar-refractivity contribution is 0.415. The molecule has 0 saturated heterocycles. The molecule has 2 N–H and O–H groups in total. The highest BCUT2D eigenvalue weighted by Gasteiger charge is 2.02. The molecule has 0 aliphatic rings. The largest absolute Gasteiger partial charge is 0.497 e. The molecule has 2 aromatic rings. The van der Waals surface area contributed by atoms with Crippen molar-refractivity contribution >= 4 is 11.4 Å². The van der Waals surface area contributed by atoms with Gasteiger partial charge in [0.05, 0.1) is 7.11 Å². The maximum atomic E-state index is 5.78. The topological polar surface area (TPSA) is 38.5 Å². The van der Waals surface area contributed by atoms with Crippen LogP contribution < -0.4 is 15.4 Å². The van der Waals surface area contributed by atoms with Gasteiger partial charge in [-0.1, -0.05) is 12.1 Å². The Bertz CT molecular complexity index is 523. The molecule has 0 heterocycles. The molecule has 0 saturated carbocycles. The minimum absolute atomic E-state index is 0.824. The summed E-state index contributed by atoms with van der Waals surface area (Å²) in [6.07, 6.45) is 0.980. The van der Waals surface area contributed by atoms with Gasteiger partial charge in [0.25, 0.3) is 0 Å². The van der Waals surface area contributed by atoms with Gasteiger partial charge in [-0.3, -0.25) is 0 Å². The second-order valence-electron chi connectivity index (χ2n) is 4.61. The van der Waals surface area contributed by atoms with Crippen molar-refractivity contribution in [1.82, 2.24) is 0 Å².